The normalized spacial score (nSPS) is 12.0. The van der Waals surface area contributed by atoms with E-state index in [1.807, 2.05) is 59.6 Å². The average molecular weight is 398 g/mol. The maximum atomic E-state index is 13.6. The number of hydrogen-bond acceptors (Lipinski definition) is 3. The van der Waals surface area contributed by atoms with Gasteiger partial charge in [0.05, 0.1) is 5.52 Å². The summed E-state index contributed by atoms with van der Waals surface area (Å²) in [4.78, 5) is 15.7. The summed E-state index contributed by atoms with van der Waals surface area (Å²) >= 11 is 6.30. The molecule has 2 heterocycles. The van der Waals surface area contributed by atoms with E-state index in [4.69, 9.17) is 11.6 Å². The number of aliphatic hydroxyl groups excluding tert-OH is 1. The highest BCUT2D eigenvalue weighted by atomic mass is 35.5. The fourth-order valence-electron chi connectivity index (χ4n) is 3.96. The van der Waals surface area contributed by atoms with Crippen molar-refractivity contribution in [2.75, 3.05) is 27.2 Å². The molecule has 0 aliphatic carbocycles. The van der Waals surface area contributed by atoms with Crippen molar-refractivity contribution >= 4 is 44.3 Å². The molecular weight excluding hydrogens is 374 g/mol. The first-order chi connectivity index (χ1) is 13.5. The van der Waals surface area contributed by atoms with Crippen molar-refractivity contribution in [3.05, 3.63) is 57.8 Å². The first-order valence-electron chi connectivity index (χ1n) is 9.51. The summed E-state index contributed by atoms with van der Waals surface area (Å²) in [6.07, 6.45) is 0.589. The van der Waals surface area contributed by atoms with Crippen LogP contribution >= 0.6 is 11.6 Å². The Morgan fingerprint density at radius 1 is 1.00 bits per heavy atom. The Morgan fingerprint density at radius 2 is 1.75 bits per heavy atom. The van der Waals surface area contributed by atoms with E-state index in [9.17, 15) is 9.90 Å². The predicted molar refractivity (Wildman–Crippen MR) is 116 cm³/mol. The van der Waals surface area contributed by atoms with Crippen LogP contribution in [-0.2, 0) is 13.1 Å². The Hall–Kier alpha value is -2.34. The molecule has 0 fully saturated rings. The van der Waals surface area contributed by atoms with E-state index < -0.39 is 0 Å². The fraction of sp³-hybridized carbons (Fsp3) is 0.318. The monoisotopic (exact) mass is 397 g/mol. The number of nitrogens with zero attached hydrogens (tertiary/aromatic N) is 3. The van der Waals surface area contributed by atoms with Crippen molar-refractivity contribution in [1.82, 2.24) is 14.0 Å². The second-order valence-electron chi connectivity index (χ2n) is 7.39. The number of pyridine rings is 1. The number of rotatable bonds is 6. The molecule has 6 heteroatoms. The standard InChI is InChI=1S/C22H24ClN3O2/c1-24(2)11-12-26-18-7-4-3-6-16(18)20-17-14-15(23)8-9-19(17)25(10-5-13-27)21(20)22(26)28/h3-4,6-9,14,27H,5,10-13H2,1-2H3. The van der Waals surface area contributed by atoms with Gasteiger partial charge in [-0.2, -0.15) is 0 Å². The lowest BCUT2D eigenvalue weighted by Gasteiger charge is -2.15. The van der Waals surface area contributed by atoms with Gasteiger partial charge in [0.15, 0.2) is 0 Å². The van der Waals surface area contributed by atoms with Crippen LogP contribution in [0.1, 0.15) is 6.42 Å². The highest BCUT2D eigenvalue weighted by Gasteiger charge is 2.19. The molecule has 0 aliphatic rings. The van der Waals surface area contributed by atoms with E-state index >= 15 is 0 Å². The Labute approximate surface area is 168 Å². The number of likely N-dealkylation sites (N-methyl/N-ethyl adjacent to an activating group) is 1. The van der Waals surface area contributed by atoms with Gasteiger partial charge in [0, 0.05) is 52.9 Å². The Balaban J connectivity index is 2.17. The highest BCUT2D eigenvalue weighted by molar-refractivity contribution is 6.32. The Bertz CT molecular complexity index is 1220. The zero-order valence-electron chi connectivity index (χ0n) is 16.2. The fourth-order valence-corrected chi connectivity index (χ4v) is 4.13. The van der Waals surface area contributed by atoms with Gasteiger partial charge >= 0.3 is 0 Å². The summed E-state index contributed by atoms with van der Waals surface area (Å²) in [6.45, 7) is 2.05. The van der Waals surface area contributed by atoms with E-state index in [0.717, 1.165) is 33.7 Å². The van der Waals surface area contributed by atoms with E-state index in [0.29, 0.717) is 30.0 Å². The minimum atomic E-state index is 0.000752. The Morgan fingerprint density at radius 3 is 2.50 bits per heavy atom. The van der Waals surface area contributed by atoms with Crippen molar-refractivity contribution in [2.24, 2.45) is 0 Å². The summed E-state index contributed by atoms with van der Waals surface area (Å²) in [6, 6.07) is 13.8. The van der Waals surface area contributed by atoms with Crippen molar-refractivity contribution in [2.45, 2.75) is 19.5 Å². The summed E-state index contributed by atoms with van der Waals surface area (Å²) in [7, 11) is 4.01. The quantitative estimate of drug-likeness (QED) is 0.539. The van der Waals surface area contributed by atoms with Crippen LogP contribution < -0.4 is 5.56 Å². The molecule has 0 radical (unpaired) electrons. The van der Waals surface area contributed by atoms with Gasteiger partial charge in [0.1, 0.15) is 5.52 Å². The molecule has 2 aromatic heterocycles. The lowest BCUT2D eigenvalue weighted by atomic mass is 10.1. The maximum absolute atomic E-state index is 13.6. The molecule has 0 saturated heterocycles. The summed E-state index contributed by atoms with van der Waals surface area (Å²) in [5.41, 5.74) is 2.59. The number of benzene rings is 2. The molecule has 4 aromatic rings. The topological polar surface area (TPSA) is 50.4 Å². The molecule has 0 aliphatic heterocycles. The average Bonchev–Trinajstić information content (AvgIpc) is 3.00. The molecule has 0 atom stereocenters. The molecule has 1 N–H and O–H groups in total. The molecule has 28 heavy (non-hydrogen) atoms. The van der Waals surface area contributed by atoms with Crippen molar-refractivity contribution in [3.63, 3.8) is 0 Å². The smallest absolute Gasteiger partial charge is 0.275 e. The largest absolute Gasteiger partial charge is 0.396 e. The van der Waals surface area contributed by atoms with Gasteiger partial charge < -0.3 is 19.1 Å². The summed E-state index contributed by atoms with van der Waals surface area (Å²) in [5, 5.41) is 13.0. The molecule has 0 spiro atoms. The van der Waals surface area contributed by atoms with E-state index in [1.165, 1.54) is 0 Å². The van der Waals surface area contributed by atoms with Crippen LogP contribution in [0.25, 0.3) is 32.7 Å². The molecule has 146 valence electrons. The minimum absolute atomic E-state index is 0.000752. The number of aliphatic hydroxyl groups is 1. The van der Waals surface area contributed by atoms with E-state index in [2.05, 4.69) is 11.0 Å². The van der Waals surface area contributed by atoms with Crippen molar-refractivity contribution in [1.29, 1.82) is 0 Å². The lowest BCUT2D eigenvalue weighted by Crippen LogP contribution is -2.28. The van der Waals surface area contributed by atoms with Crippen LogP contribution in [0.5, 0.6) is 0 Å². The van der Waals surface area contributed by atoms with E-state index in [-0.39, 0.29) is 12.2 Å². The first-order valence-corrected chi connectivity index (χ1v) is 9.89. The van der Waals surface area contributed by atoms with Crippen LogP contribution in [0.3, 0.4) is 0 Å². The minimum Gasteiger partial charge on any atom is -0.396 e. The highest BCUT2D eigenvalue weighted by Crippen LogP contribution is 2.34. The number of hydrogen-bond donors (Lipinski definition) is 1. The van der Waals surface area contributed by atoms with Crippen LogP contribution in [0.2, 0.25) is 5.02 Å². The molecule has 2 aromatic carbocycles. The van der Waals surface area contributed by atoms with Gasteiger partial charge in [-0.05, 0) is 44.8 Å². The van der Waals surface area contributed by atoms with Crippen molar-refractivity contribution < 1.29 is 5.11 Å². The molecule has 0 unspecified atom stereocenters. The molecule has 0 saturated carbocycles. The molecule has 4 rings (SSSR count). The van der Waals surface area contributed by atoms with Crippen LogP contribution in [0, 0.1) is 0 Å². The summed E-state index contributed by atoms with van der Waals surface area (Å²) < 4.78 is 3.91. The van der Waals surface area contributed by atoms with Gasteiger partial charge in [0.2, 0.25) is 0 Å². The molecule has 5 nitrogen and oxygen atoms in total. The number of halogens is 1. The van der Waals surface area contributed by atoms with Gasteiger partial charge in [-0.15, -0.1) is 0 Å². The van der Waals surface area contributed by atoms with Crippen LogP contribution in [0.4, 0.5) is 0 Å². The second kappa shape index (κ2) is 7.59. The summed E-state index contributed by atoms with van der Waals surface area (Å²) in [5.74, 6) is 0. The predicted octanol–water partition coefficient (Wildman–Crippen LogP) is 3.71. The Kier molecular flexibility index (Phi) is 5.15. The maximum Gasteiger partial charge on any atom is 0.275 e. The number of fused-ring (bicyclic) bond motifs is 5. The third kappa shape index (κ3) is 3.09. The lowest BCUT2D eigenvalue weighted by molar-refractivity contribution is 0.281. The van der Waals surface area contributed by atoms with Gasteiger partial charge in [-0.25, -0.2) is 0 Å². The number of para-hydroxylation sites is 1. The van der Waals surface area contributed by atoms with Gasteiger partial charge in [-0.1, -0.05) is 29.8 Å². The van der Waals surface area contributed by atoms with Gasteiger partial charge in [0.25, 0.3) is 5.56 Å². The van der Waals surface area contributed by atoms with Gasteiger partial charge in [-0.3, -0.25) is 4.79 Å². The van der Waals surface area contributed by atoms with E-state index in [1.54, 1.807) is 0 Å². The van der Waals surface area contributed by atoms with Crippen LogP contribution in [0.15, 0.2) is 47.3 Å². The number of aryl methyl sites for hydroxylation is 1. The third-order valence-electron chi connectivity index (χ3n) is 5.25. The molecule has 0 bridgehead atoms. The second-order valence-corrected chi connectivity index (χ2v) is 7.83. The molecular formula is C22H24ClN3O2. The third-order valence-corrected chi connectivity index (χ3v) is 5.48. The van der Waals surface area contributed by atoms with Crippen molar-refractivity contribution in [3.8, 4) is 0 Å². The zero-order valence-corrected chi connectivity index (χ0v) is 16.9. The number of aromatic nitrogens is 2. The SMILES string of the molecule is CN(C)CCn1c(=O)c2c(c3ccccc31)c1cc(Cl)ccc1n2CCCO. The van der Waals surface area contributed by atoms with Crippen LogP contribution in [-0.4, -0.2) is 46.4 Å². The first kappa shape index (κ1) is 19.0. The molecule has 0 amide bonds. The zero-order chi connectivity index (χ0) is 19.8.